The van der Waals surface area contributed by atoms with Gasteiger partial charge >= 0.3 is 0 Å². The minimum Gasteiger partial charge on any atom is -0.359 e. The van der Waals surface area contributed by atoms with Crippen molar-refractivity contribution in [2.45, 2.75) is 13.7 Å². The largest absolute Gasteiger partial charge is 0.359 e. The Labute approximate surface area is 53.5 Å². The van der Waals surface area contributed by atoms with E-state index in [1.807, 2.05) is 6.92 Å². The summed E-state index contributed by atoms with van der Waals surface area (Å²) in [7, 11) is 0. The van der Waals surface area contributed by atoms with Gasteiger partial charge in [-0.3, -0.25) is 0 Å². The van der Waals surface area contributed by atoms with E-state index in [9.17, 15) is 0 Å². The van der Waals surface area contributed by atoms with Gasteiger partial charge in [0.25, 0.3) is 0 Å². The van der Waals surface area contributed by atoms with Gasteiger partial charge in [0.15, 0.2) is 6.33 Å². The summed E-state index contributed by atoms with van der Waals surface area (Å²) in [4.78, 5) is 3.62. The predicted molar refractivity (Wildman–Crippen MR) is 30.5 cm³/mol. The summed E-state index contributed by atoms with van der Waals surface area (Å²) in [5, 5.41) is 3.78. The summed E-state index contributed by atoms with van der Waals surface area (Å²) in [5.41, 5.74) is 0. The van der Waals surface area contributed by atoms with Crippen LogP contribution in [-0.4, -0.2) is 21.4 Å². The minimum absolute atomic E-state index is 0.441. The zero-order valence-electron chi connectivity index (χ0n) is 5.24. The van der Waals surface area contributed by atoms with Gasteiger partial charge in [-0.05, 0) is 6.92 Å². The van der Waals surface area contributed by atoms with Gasteiger partial charge < -0.3 is 4.74 Å². The Morgan fingerprint density at radius 2 is 2.67 bits per heavy atom. The van der Waals surface area contributed by atoms with E-state index in [-0.39, 0.29) is 0 Å². The first-order valence-corrected chi connectivity index (χ1v) is 2.76. The average Bonchev–Trinajstić information content (AvgIpc) is 2.34. The third-order valence-electron chi connectivity index (χ3n) is 0.840. The molecule has 1 radical (unpaired) electrons. The SMILES string of the molecule is CCOCn1[c]ncn1. The van der Waals surface area contributed by atoms with Crippen LogP contribution in [0, 0.1) is 6.33 Å². The lowest BCUT2D eigenvalue weighted by atomic mass is 10.9. The molecule has 0 bridgehead atoms. The van der Waals surface area contributed by atoms with Gasteiger partial charge in [0.2, 0.25) is 0 Å². The molecule has 4 nitrogen and oxygen atoms in total. The molecule has 1 rings (SSSR count). The summed E-state index contributed by atoms with van der Waals surface area (Å²) in [6.07, 6.45) is 4.03. The standard InChI is InChI=1S/C5H8N3O/c1-2-9-5-8-4-6-3-7-8/h3H,2,5H2,1H3. The lowest BCUT2D eigenvalue weighted by Gasteiger charge is -1.96. The van der Waals surface area contributed by atoms with Crippen molar-refractivity contribution in [2.75, 3.05) is 6.61 Å². The number of hydrogen-bond acceptors (Lipinski definition) is 3. The molecule has 0 saturated heterocycles. The molecular weight excluding hydrogens is 118 g/mol. The zero-order chi connectivity index (χ0) is 6.53. The Morgan fingerprint density at radius 3 is 3.22 bits per heavy atom. The smallest absolute Gasteiger partial charge is 0.198 e. The number of aromatic nitrogens is 3. The highest BCUT2D eigenvalue weighted by molar-refractivity contribution is 4.48. The Hall–Kier alpha value is -0.900. The van der Waals surface area contributed by atoms with Crippen LogP contribution < -0.4 is 0 Å². The van der Waals surface area contributed by atoms with Gasteiger partial charge in [-0.1, -0.05) is 0 Å². The van der Waals surface area contributed by atoms with E-state index in [0.717, 1.165) is 0 Å². The van der Waals surface area contributed by atoms with E-state index in [1.165, 1.54) is 11.0 Å². The van der Waals surface area contributed by atoms with Crippen molar-refractivity contribution in [3.63, 3.8) is 0 Å². The first-order chi connectivity index (χ1) is 4.43. The fourth-order valence-corrected chi connectivity index (χ4v) is 0.446. The first kappa shape index (κ1) is 6.22. The normalized spacial score (nSPS) is 9.89. The van der Waals surface area contributed by atoms with Crippen LogP contribution >= 0.6 is 0 Å². The molecule has 0 aliphatic heterocycles. The molecule has 0 fully saturated rings. The van der Waals surface area contributed by atoms with Crippen molar-refractivity contribution in [1.82, 2.24) is 14.8 Å². The van der Waals surface area contributed by atoms with Gasteiger partial charge in [-0.15, -0.1) is 0 Å². The molecule has 0 aliphatic carbocycles. The van der Waals surface area contributed by atoms with Crippen molar-refractivity contribution >= 4 is 0 Å². The molecule has 0 aromatic carbocycles. The molecule has 0 atom stereocenters. The predicted octanol–water partition coefficient (Wildman–Crippen LogP) is 0.0723. The number of ether oxygens (including phenoxy) is 1. The maximum Gasteiger partial charge on any atom is 0.198 e. The summed E-state index contributed by atoms with van der Waals surface area (Å²) in [6.45, 7) is 3.06. The second-order valence-electron chi connectivity index (χ2n) is 1.48. The molecule has 0 amide bonds. The molecule has 1 aromatic heterocycles. The molecule has 0 saturated carbocycles. The van der Waals surface area contributed by atoms with E-state index in [2.05, 4.69) is 16.4 Å². The Kier molecular flexibility index (Phi) is 2.21. The van der Waals surface area contributed by atoms with Crippen LogP contribution in [0.4, 0.5) is 0 Å². The lowest BCUT2D eigenvalue weighted by Crippen LogP contribution is -2.02. The van der Waals surface area contributed by atoms with Crippen molar-refractivity contribution in [2.24, 2.45) is 0 Å². The molecule has 49 valence electrons. The quantitative estimate of drug-likeness (QED) is 0.575. The van der Waals surface area contributed by atoms with Crippen LogP contribution in [0.1, 0.15) is 6.92 Å². The summed E-state index contributed by atoms with van der Waals surface area (Å²) in [5.74, 6) is 0. The van der Waals surface area contributed by atoms with E-state index >= 15 is 0 Å². The molecule has 9 heavy (non-hydrogen) atoms. The molecule has 0 N–H and O–H groups in total. The van der Waals surface area contributed by atoms with Gasteiger partial charge in [0.1, 0.15) is 13.1 Å². The van der Waals surface area contributed by atoms with Crippen molar-refractivity contribution in [1.29, 1.82) is 0 Å². The number of hydrogen-bond donors (Lipinski definition) is 0. The van der Waals surface area contributed by atoms with E-state index < -0.39 is 0 Å². The molecule has 0 spiro atoms. The van der Waals surface area contributed by atoms with Crippen LogP contribution in [0.5, 0.6) is 0 Å². The number of nitrogens with zero attached hydrogens (tertiary/aromatic N) is 3. The number of rotatable bonds is 3. The Bertz CT molecular complexity index is 149. The second kappa shape index (κ2) is 3.19. The summed E-state index contributed by atoms with van der Waals surface area (Å²) in [6, 6.07) is 0. The molecule has 4 heteroatoms. The molecule has 1 aromatic rings. The molecular formula is C5H8N3O. The minimum atomic E-state index is 0.441. The average molecular weight is 126 g/mol. The maximum atomic E-state index is 5.01. The zero-order valence-corrected chi connectivity index (χ0v) is 5.24. The Balaban J connectivity index is 2.30. The highest BCUT2D eigenvalue weighted by Gasteiger charge is 1.87. The topological polar surface area (TPSA) is 39.9 Å². The van der Waals surface area contributed by atoms with Gasteiger partial charge in [0.05, 0.1) is 0 Å². The summed E-state index contributed by atoms with van der Waals surface area (Å²) < 4.78 is 6.51. The monoisotopic (exact) mass is 126 g/mol. The van der Waals surface area contributed by atoms with E-state index in [0.29, 0.717) is 13.3 Å². The fourth-order valence-electron chi connectivity index (χ4n) is 0.446. The third kappa shape index (κ3) is 1.81. The highest BCUT2D eigenvalue weighted by Crippen LogP contribution is 1.79. The van der Waals surface area contributed by atoms with Crippen molar-refractivity contribution in [3.8, 4) is 0 Å². The van der Waals surface area contributed by atoms with Gasteiger partial charge in [0, 0.05) is 6.61 Å². The van der Waals surface area contributed by atoms with E-state index in [4.69, 9.17) is 4.74 Å². The van der Waals surface area contributed by atoms with E-state index in [1.54, 1.807) is 0 Å². The second-order valence-corrected chi connectivity index (χ2v) is 1.48. The first-order valence-electron chi connectivity index (χ1n) is 2.76. The Morgan fingerprint density at radius 1 is 1.78 bits per heavy atom. The van der Waals surface area contributed by atoms with Crippen molar-refractivity contribution in [3.05, 3.63) is 12.7 Å². The third-order valence-corrected chi connectivity index (χ3v) is 0.840. The van der Waals surface area contributed by atoms with Crippen LogP contribution in [-0.2, 0) is 11.5 Å². The van der Waals surface area contributed by atoms with Crippen LogP contribution in [0.15, 0.2) is 6.33 Å². The van der Waals surface area contributed by atoms with Crippen LogP contribution in [0.25, 0.3) is 0 Å². The van der Waals surface area contributed by atoms with Gasteiger partial charge in [-0.2, -0.15) is 5.10 Å². The van der Waals surface area contributed by atoms with Crippen LogP contribution in [0.2, 0.25) is 0 Å². The fraction of sp³-hybridized carbons (Fsp3) is 0.600. The lowest BCUT2D eigenvalue weighted by molar-refractivity contribution is 0.0783. The maximum absolute atomic E-state index is 5.01. The summed E-state index contributed by atoms with van der Waals surface area (Å²) >= 11 is 0. The van der Waals surface area contributed by atoms with Crippen LogP contribution in [0.3, 0.4) is 0 Å². The van der Waals surface area contributed by atoms with Crippen molar-refractivity contribution < 1.29 is 4.74 Å². The molecule has 1 heterocycles. The van der Waals surface area contributed by atoms with Gasteiger partial charge in [-0.25, -0.2) is 9.67 Å². The highest BCUT2D eigenvalue weighted by atomic mass is 16.5. The molecule has 0 unspecified atom stereocenters. The molecule has 0 aliphatic rings.